The van der Waals surface area contributed by atoms with Gasteiger partial charge in [-0.1, -0.05) is 29.8 Å². The van der Waals surface area contributed by atoms with Crippen molar-refractivity contribution in [2.45, 2.75) is 38.6 Å². The van der Waals surface area contributed by atoms with E-state index in [4.69, 9.17) is 0 Å². The number of hydrogen-bond donors (Lipinski definition) is 1. The second-order valence-electron chi connectivity index (χ2n) is 8.24. The first-order chi connectivity index (χ1) is 14.1. The smallest absolute Gasteiger partial charge is 0.252 e. The van der Waals surface area contributed by atoms with Crippen molar-refractivity contribution in [3.05, 3.63) is 64.2 Å². The molecule has 3 rings (SSSR count). The molecule has 6 nitrogen and oxygen atoms in total. The fourth-order valence-electron chi connectivity index (χ4n) is 3.85. The Hall–Kier alpha value is -2.22. The Kier molecular flexibility index (Phi) is 6.65. The summed E-state index contributed by atoms with van der Waals surface area (Å²) < 4.78 is 27.6. The van der Waals surface area contributed by atoms with Crippen molar-refractivity contribution in [1.82, 2.24) is 14.5 Å². The summed E-state index contributed by atoms with van der Waals surface area (Å²) in [6, 6.07) is 10.8. The maximum absolute atomic E-state index is 13.1. The number of benzene rings is 2. The molecule has 1 atom stereocenters. The second-order valence-corrected chi connectivity index (χ2v) is 10.2. The van der Waals surface area contributed by atoms with Crippen LogP contribution in [0.25, 0.3) is 0 Å². The molecule has 0 bridgehead atoms. The summed E-state index contributed by atoms with van der Waals surface area (Å²) >= 11 is 0. The number of piperazine rings is 1. The highest BCUT2D eigenvalue weighted by atomic mass is 32.2. The molecule has 1 fully saturated rings. The van der Waals surface area contributed by atoms with E-state index in [1.54, 1.807) is 12.1 Å². The van der Waals surface area contributed by atoms with Crippen molar-refractivity contribution in [2.75, 3.05) is 33.2 Å². The van der Waals surface area contributed by atoms with Crippen LogP contribution in [-0.2, 0) is 10.0 Å². The average molecular weight is 430 g/mol. The van der Waals surface area contributed by atoms with E-state index in [0.717, 1.165) is 16.7 Å². The predicted molar refractivity (Wildman–Crippen MR) is 119 cm³/mol. The molecule has 2 aromatic carbocycles. The molecule has 30 heavy (non-hydrogen) atoms. The van der Waals surface area contributed by atoms with Gasteiger partial charge in [-0.3, -0.25) is 4.79 Å². The standard InChI is InChI=1S/C23H31N3O3S/c1-16-6-9-21(18(3)14-16)19(4)24-23(27)22-15-20(8-7-17(22)2)30(28,29)26-12-10-25(5)11-13-26/h6-9,14-15,19H,10-13H2,1-5H3,(H,24,27). The predicted octanol–water partition coefficient (Wildman–Crippen LogP) is 3.04. The third-order valence-electron chi connectivity index (χ3n) is 5.79. The van der Waals surface area contributed by atoms with Gasteiger partial charge in [0.15, 0.2) is 0 Å². The number of hydrogen-bond acceptors (Lipinski definition) is 4. The van der Waals surface area contributed by atoms with Crippen molar-refractivity contribution in [3.8, 4) is 0 Å². The molecule has 7 heteroatoms. The molecule has 0 saturated carbocycles. The Balaban J connectivity index is 1.83. The normalized spacial score (nSPS) is 17.0. The Morgan fingerprint density at radius 3 is 2.27 bits per heavy atom. The lowest BCUT2D eigenvalue weighted by atomic mass is 9.99. The van der Waals surface area contributed by atoms with Gasteiger partial charge in [-0.25, -0.2) is 8.42 Å². The summed E-state index contributed by atoms with van der Waals surface area (Å²) in [4.78, 5) is 15.3. The van der Waals surface area contributed by atoms with Crippen LogP contribution in [0.5, 0.6) is 0 Å². The largest absolute Gasteiger partial charge is 0.345 e. The average Bonchev–Trinajstić information content (AvgIpc) is 2.68. The van der Waals surface area contributed by atoms with E-state index in [9.17, 15) is 13.2 Å². The van der Waals surface area contributed by atoms with E-state index in [0.29, 0.717) is 31.7 Å². The highest BCUT2D eigenvalue weighted by molar-refractivity contribution is 7.89. The monoisotopic (exact) mass is 429 g/mol. The Morgan fingerprint density at radius 2 is 1.63 bits per heavy atom. The number of rotatable bonds is 5. The molecule has 2 aromatic rings. The SMILES string of the molecule is Cc1ccc(C(C)NC(=O)c2cc(S(=O)(=O)N3CCN(C)CC3)ccc2C)c(C)c1. The number of carbonyl (C=O) groups excluding carboxylic acids is 1. The zero-order valence-corrected chi connectivity index (χ0v) is 19.2. The maximum atomic E-state index is 13.1. The summed E-state index contributed by atoms with van der Waals surface area (Å²) in [5, 5.41) is 3.02. The van der Waals surface area contributed by atoms with Crippen LogP contribution in [0.4, 0.5) is 0 Å². The topological polar surface area (TPSA) is 69.7 Å². The molecule has 1 unspecified atom stereocenters. The highest BCUT2D eigenvalue weighted by Crippen LogP contribution is 2.23. The highest BCUT2D eigenvalue weighted by Gasteiger charge is 2.28. The molecular formula is C23H31N3O3S. The number of amides is 1. The Bertz CT molecular complexity index is 1040. The van der Waals surface area contributed by atoms with Crippen molar-refractivity contribution >= 4 is 15.9 Å². The molecule has 0 aromatic heterocycles. The van der Waals surface area contributed by atoms with Gasteiger partial charge in [0.1, 0.15) is 0 Å². The number of carbonyl (C=O) groups is 1. The van der Waals surface area contributed by atoms with Crippen LogP contribution < -0.4 is 5.32 Å². The van der Waals surface area contributed by atoms with Crippen molar-refractivity contribution in [2.24, 2.45) is 0 Å². The first kappa shape index (κ1) is 22.5. The number of likely N-dealkylation sites (N-methyl/N-ethyl adjacent to an activating group) is 1. The summed E-state index contributed by atoms with van der Waals surface area (Å²) in [6.07, 6.45) is 0. The van der Waals surface area contributed by atoms with Gasteiger partial charge < -0.3 is 10.2 Å². The lowest BCUT2D eigenvalue weighted by Crippen LogP contribution is -2.47. The van der Waals surface area contributed by atoms with Gasteiger partial charge in [0.2, 0.25) is 10.0 Å². The molecule has 162 valence electrons. The van der Waals surface area contributed by atoms with Crippen molar-refractivity contribution in [1.29, 1.82) is 0 Å². The van der Waals surface area contributed by atoms with Gasteiger partial charge in [0, 0.05) is 31.7 Å². The van der Waals surface area contributed by atoms with E-state index in [2.05, 4.69) is 16.3 Å². The zero-order valence-electron chi connectivity index (χ0n) is 18.4. The van der Waals surface area contributed by atoms with Gasteiger partial charge in [0.25, 0.3) is 5.91 Å². The first-order valence-corrected chi connectivity index (χ1v) is 11.7. The number of sulfonamides is 1. The van der Waals surface area contributed by atoms with E-state index < -0.39 is 10.0 Å². The molecule has 0 aliphatic carbocycles. The van der Waals surface area contributed by atoms with Crippen molar-refractivity contribution < 1.29 is 13.2 Å². The minimum absolute atomic E-state index is 0.168. The first-order valence-electron chi connectivity index (χ1n) is 10.3. The lowest BCUT2D eigenvalue weighted by Gasteiger charge is -2.31. The molecule has 0 spiro atoms. The maximum Gasteiger partial charge on any atom is 0.252 e. The molecule has 1 amide bonds. The van der Waals surface area contributed by atoms with Crippen LogP contribution in [0.1, 0.15) is 45.6 Å². The van der Waals surface area contributed by atoms with Crippen LogP contribution in [0.15, 0.2) is 41.3 Å². The van der Waals surface area contributed by atoms with Gasteiger partial charge in [-0.2, -0.15) is 4.31 Å². The number of nitrogens with one attached hydrogen (secondary N) is 1. The molecule has 1 heterocycles. The van der Waals surface area contributed by atoms with E-state index >= 15 is 0 Å². The summed E-state index contributed by atoms with van der Waals surface area (Å²) in [7, 11) is -1.64. The lowest BCUT2D eigenvalue weighted by molar-refractivity contribution is 0.0939. The van der Waals surface area contributed by atoms with Crippen LogP contribution in [0.2, 0.25) is 0 Å². The molecular weight excluding hydrogens is 398 g/mol. The van der Waals surface area contributed by atoms with E-state index in [-0.39, 0.29) is 16.8 Å². The molecule has 1 saturated heterocycles. The van der Waals surface area contributed by atoms with Gasteiger partial charge in [0.05, 0.1) is 10.9 Å². The van der Waals surface area contributed by atoms with Crippen LogP contribution >= 0.6 is 0 Å². The Labute approximate surface area is 179 Å². The number of nitrogens with zero attached hydrogens (tertiary/aromatic N) is 2. The third kappa shape index (κ3) is 4.74. The zero-order chi connectivity index (χ0) is 22.1. The Morgan fingerprint density at radius 1 is 0.967 bits per heavy atom. The summed E-state index contributed by atoms with van der Waals surface area (Å²) in [5.41, 5.74) is 4.48. The summed E-state index contributed by atoms with van der Waals surface area (Å²) in [6.45, 7) is 10.1. The third-order valence-corrected chi connectivity index (χ3v) is 7.69. The molecule has 1 aliphatic heterocycles. The quantitative estimate of drug-likeness (QED) is 0.793. The van der Waals surface area contributed by atoms with Crippen LogP contribution in [0.3, 0.4) is 0 Å². The second kappa shape index (κ2) is 8.88. The molecule has 1 N–H and O–H groups in total. The van der Waals surface area contributed by atoms with Gasteiger partial charge in [-0.15, -0.1) is 0 Å². The van der Waals surface area contributed by atoms with E-state index in [1.807, 2.05) is 46.9 Å². The number of aryl methyl sites for hydroxylation is 3. The fourth-order valence-corrected chi connectivity index (χ4v) is 5.30. The molecule has 0 radical (unpaired) electrons. The van der Waals surface area contributed by atoms with E-state index in [1.165, 1.54) is 15.9 Å². The fraction of sp³-hybridized carbons (Fsp3) is 0.435. The van der Waals surface area contributed by atoms with Crippen molar-refractivity contribution in [3.63, 3.8) is 0 Å². The minimum Gasteiger partial charge on any atom is -0.345 e. The summed E-state index contributed by atoms with van der Waals surface area (Å²) in [5.74, 6) is -0.268. The van der Waals surface area contributed by atoms with Crippen LogP contribution in [-0.4, -0.2) is 56.8 Å². The van der Waals surface area contributed by atoms with Gasteiger partial charge in [-0.05, 0) is 63.6 Å². The van der Waals surface area contributed by atoms with Crippen LogP contribution in [0, 0.1) is 20.8 Å². The molecule has 1 aliphatic rings. The minimum atomic E-state index is -3.62. The van der Waals surface area contributed by atoms with Gasteiger partial charge >= 0.3 is 0 Å².